The van der Waals surface area contributed by atoms with Crippen molar-refractivity contribution in [1.29, 1.82) is 0 Å². The molecule has 2 amide bonds. The molecule has 1 N–H and O–H groups in total. The quantitative estimate of drug-likeness (QED) is 0.583. The van der Waals surface area contributed by atoms with Gasteiger partial charge in [0.25, 0.3) is 0 Å². The first-order valence-corrected chi connectivity index (χ1v) is 11.7. The third-order valence-electron chi connectivity index (χ3n) is 4.88. The largest absolute Gasteiger partial charge is 0.379 e. The highest BCUT2D eigenvalue weighted by atomic mass is 32.2. The van der Waals surface area contributed by atoms with Gasteiger partial charge in [-0.15, -0.1) is 0 Å². The van der Waals surface area contributed by atoms with E-state index in [1.54, 1.807) is 29.2 Å². The van der Waals surface area contributed by atoms with Crippen molar-refractivity contribution in [1.82, 2.24) is 4.90 Å². The Balaban J connectivity index is 2.30. The number of anilines is 1. The molecule has 2 rings (SSSR count). The molecule has 0 aliphatic rings. The fraction of sp³-hybridized carbons (Fsp3) is 0.391. The second-order valence-electron chi connectivity index (χ2n) is 7.73. The molecule has 0 fully saturated rings. The molecule has 0 unspecified atom stereocenters. The van der Waals surface area contributed by atoms with Gasteiger partial charge in [-0.2, -0.15) is 8.42 Å². The Kier molecular flexibility index (Phi) is 8.21. The molecule has 0 aliphatic heterocycles. The summed E-state index contributed by atoms with van der Waals surface area (Å²) in [6.07, 6.45) is 0.778. The number of nitrogens with zero attached hydrogens (tertiary/aromatic N) is 1. The van der Waals surface area contributed by atoms with E-state index >= 15 is 0 Å². The van der Waals surface area contributed by atoms with Gasteiger partial charge < -0.3 is 14.4 Å². The molecular weight excluding hydrogens is 416 g/mol. The summed E-state index contributed by atoms with van der Waals surface area (Å²) in [4.78, 5) is 25.6. The lowest BCUT2D eigenvalue weighted by Gasteiger charge is -2.31. The zero-order chi connectivity index (χ0) is 23.2. The Hall–Kier alpha value is -2.87. The number of carbonyl (C=O) groups is 2. The van der Waals surface area contributed by atoms with E-state index in [1.807, 2.05) is 27.7 Å². The molecule has 0 saturated carbocycles. The molecule has 0 aliphatic carbocycles. The van der Waals surface area contributed by atoms with Gasteiger partial charge in [-0.3, -0.25) is 9.59 Å². The average molecular weight is 447 g/mol. The maximum atomic E-state index is 12.8. The van der Waals surface area contributed by atoms with Crippen molar-refractivity contribution in [3.05, 3.63) is 54.1 Å². The highest BCUT2D eigenvalue weighted by Crippen LogP contribution is 2.26. The van der Waals surface area contributed by atoms with Crippen LogP contribution in [0.25, 0.3) is 0 Å². The van der Waals surface area contributed by atoms with Gasteiger partial charge in [0.1, 0.15) is 10.6 Å². The third-order valence-corrected chi connectivity index (χ3v) is 6.12. The van der Waals surface area contributed by atoms with E-state index < -0.39 is 10.1 Å². The number of para-hydroxylation sites is 1. The molecule has 31 heavy (non-hydrogen) atoms. The van der Waals surface area contributed by atoms with E-state index in [1.165, 1.54) is 31.2 Å². The highest BCUT2D eigenvalue weighted by Gasteiger charge is 2.24. The molecule has 0 radical (unpaired) electrons. The van der Waals surface area contributed by atoms with Crippen LogP contribution in [-0.2, 0) is 26.3 Å². The van der Waals surface area contributed by atoms with Gasteiger partial charge in [0.05, 0.1) is 0 Å². The molecule has 0 saturated heterocycles. The Bertz CT molecular complexity index is 1020. The van der Waals surface area contributed by atoms with Gasteiger partial charge in [0, 0.05) is 36.7 Å². The molecule has 0 spiro atoms. The van der Waals surface area contributed by atoms with Crippen LogP contribution in [0.5, 0.6) is 5.75 Å². The van der Waals surface area contributed by atoms with Crippen LogP contribution in [0.4, 0.5) is 5.69 Å². The van der Waals surface area contributed by atoms with E-state index in [2.05, 4.69) is 5.32 Å². The molecule has 168 valence electrons. The summed E-state index contributed by atoms with van der Waals surface area (Å²) in [5, 5.41) is 2.59. The Morgan fingerprint density at radius 1 is 1.03 bits per heavy atom. The molecule has 0 bridgehead atoms. The number of carbonyl (C=O) groups excluding carboxylic acids is 2. The van der Waals surface area contributed by atoms with Gasteiger partial charge >= 0.3 is 10.1 Å². The van der Waals surface area contributed by atoms with Crippen LogP contribution in [0.15, 0.2) is 53.4 Å². The summed E-state index contributed by atoms with van der Waals surface area (Å²) in [6.45, 7) is 9.28. The van der Waals surface area contributed by atoms with Crippen molar-refractivity contribution in [2.45, 2.75) is 58.5 Å². The fourth-order valence-corrected chi connectivity index (χ4v) is 3.94. The first kappa shape index (κ1) is 24.4. The second-order valence-corrected chi connectivity index (χ2v) is 9.28. The Morgan fingerprint density at radius 2 is 1.65 bits per heavy atom. The SMILES string of the molecule is CC[C@H](C)N(Cc1ccccc1OS(=O)(=O)c1ccc(NC(C)=O)cc1)C(=O)C(C)C. The first-order valence-electron chi connectivity index (χ1n) is 10.3. The maximum Gasteiger partial charge on any atom is 0.339 e. The maximum absolute atomic E-state index is 12.8. The number of hydrogen-bond donors (Lipinski definition) is 1. The molecule has 0 aromatic heterocycles. The molecule has 8 heteroatoms. The van der Waals surface area contributed by atoms with Crippen molar-refractivity contribution < 1.29 is 22.2 Å². The van der Waals surface area contributed by atoms with Crippen molar-refractivity contribution in [3.63, 3.8) is 0 Å². The van der Waals surface area contributed by atoms with Gasteiger partial charge in [-0.1, -0.05) is 39.0 Å². The lowest BCUT2D eigenvalue weighted by atomic mass is 10.1. The summed E-state index contributed by atoms with van der Waals surface area (Å²) >= 11 is 0. The summed E-state index contributed by atoms with van der Waals surface area (Å²) in [5.41, 5.74) is 1.10. The van der Waals surface area contributed by atoms with Crippen molar-refractivity contribution in [2.24, 2.45) is 5.92 Å². The molecule has 2 aromatic rings. The lowest BCUT2D eigenvalue weighted by Crippen LogP contribution is -2.40. The minimum atomic E-state index is -4.10. The smallest absolute Gasteiger partial charge is 0.339 e. The number of nitrogens with one attached hydrogen (secondary N) is 1. The van der Waals surface area contributed by atoms with Crippen molar-refractivity contribution in [2.75, 3.05) is 5.32 Å². The van der Waals surface area contributed by atoms with E-state index in [0.717, 1.165) is 6.42 Å². The minimum absolute atomic E-state index is 0.000528. The summed E-state index contributed by atoms with van der Waals surface area (Å²) < 4.78 is 31.1. The Labute approximate surface area is 184 Å². The highest BCUT2D eigenvalue weighted by molar-refractivity contribution is 7.87. The topological polar surface area (TPSA) is 92.8 Å². The molecule has 1 atom stereocenters. The van der Waals surface area contributed by atoms with E-state index in [4.69, 9.17) is 4.18 Å². The predicted octanol–water partition coefficient (Wildman–Crippen LogP) is 4.20. The Morgan fingerprint density at radius 3 is 2.19 bits per heavy atom. The molecule has 7 nitrogen and oxygen atoms in total. The van der Waals surface area contributed by atoms with Gasteiger partial charge in [0.15, 0.2) is 0 Å². The van der Waals surface area contributed by atoms with Crippen molar-refractivity contribution >= 4 is 27.6 Å². The van der Waals surface area contributed by atoms with Crippen LogP contribution in [-0.4, -0.2) is 31.2 Å². The van der Waals surface area contributed by atoms with Crippen LogP contribution in [0.3, 0.4) is 0 Å². The lowest BCUT2D eigenvalue weighted by molar-refractivity contribution is -0.137. The van der Waals surface area contributed by atoms with Crippen LogP contribution >= 0.6 is 0 Å². The first-order chi connectivity index (χ1) is 14.5. The monoisotopic (exact) mass is 446 g/mol. The van der Waals surface area contributed by atoms with Crippen molar-refractivity contribution in [3.8, 4) is 5.75 Å². The van der Waals surface area contributed by atoms with Crippen LogP contribution in [0.1, 0.15) is 46.6 Å². The fourth-order valence-electron chi connectivity index (χ4n) is 2.98. The van der Waals surface area contributed by atoms with Crippen LogP contribution in [0, 0.1) is 5.92 Å². The van der Waals surface area contributed by atoms with Crippen LogP contribution < -0.4 is 9.50 Å². The summed E-state index contributed by atoms with van der Waals surface area (Å²) in [7, 11) is -4.10. The number of rotatable bonds is 9. The molecular formula is C23H30N2O5S. The van der Waals surface area contributed by atoms with Gasteiger partial charge in [-0.25, -0.2) is 0 Å². The summed E-state index contributed by atoms with van der Waals surface area (Å²) in [6, 6.07) is 12.5. The number of amides is 2. The summed E-state index contributed by atoms with van der Waals surface area (Å²) in [5.74, 6) is -0.241. The third kappa shape index (κ3) is 6.55. The standard InChI is InChI=1S/C23H30N2O5S/c1-6-17(4)25(23(27)16(2)3)15-19-9-7-8-10-22(19)30-31(28,29)21-13-11-20(12-14-21)24-18(5)26/h7-14,16-17H,6,15H2,1-5H3,(H,24,26)/t17-/m0/s1. The minimum Gasteiger partial charge on any atom is -0.379 e. The van der Waals surface area contributed by atoms with E-state index in [-0.39, 0.29) is 41.0 Å². The van der Waals surface area contributed by atoms with E-state index in [0.29, 0.717) is 11.3 Å². The predicted molar refractivity (Wildman–Crippen MR) is 120 cm³/mol. The van der Waals surface area contributed by atoms with E-state index in [9.17, 15) is 18.0 Å². The number of benzene rings is 2. The second kappa shape index (κ2) is 10.4. The zero-order valence-corrected chi connectivity index (χ0v) is 19.4. The van der Waals surface area contributed by atoms with Crippen LogP contribution in [0.2, 0.25) is 0 Å². The zero-order valence-electron chi connectivity index (χ0n) is 18.6. The average Bonchev–Trinajstić information content (AvgIpc) is 2.71. The molecule has 0 heterocycles. The number of hydrogen-bond acceptors (Lipinski definition) is 5. The van der Waals surface area contributed by atoms with Gasteiger partial charge in [0.2, 0.25) is 11.8 Å². The van der Waals surface area contributed by atoms with Gasteiger partial charge in [-0.05, 0) is 43.7 Å². The normalized spacial score (nSPS) is 12.3. The molecule has 2 aromatic carbocycles.